The number of aromatic nitrogens is 1. The van der Waals surface area contributed by atoms with Gasteiger partial charge < -0.3 is 4.74 Å². The molecule has 3 rings (SSSR count). The Kier molecular flexibility index (Phi) is 3.75. The number of esters is 1. The SMILES string of the molecule is CCOC(=O)C1=CCC(=O)c2cc3cc(I)ccc3nc21. The van der Waals surface area contributed by atoms with Gasteiger partial charge >= 0.3 is 5.97 Å². The molecule has 0 radical (unpaired) electrons. The van der Waals surface area contributed by atoms with Crippen LogP contribution in [-0.4, -0.2) is 23.3 Å². The highest BCUT2D eigenvalue weighted by atomic mass is 127. The molecule has 1 aliphatic rings. The molecule has 0 saturated heterocycles. The summed E-state index contributed by atoms with van der Waals surface area (Å²) in [6, 6.07) is 7.62. The van der Waals surface area contributed by atoms with Crippen molar-refractivity contribution in [3.05, 3.63) is 45.2 Å². The molecule has 1 heterocycles. The second-order valence-corrected chi connectivity index (χ2v) is 5.93. The minimum absolute atomic E-state index is 0.0219. The first-order chi connectivity index (χ1) is 10.1. The van der Waals surface area contributed by atoms with Crippen LogP contribution in [0.3, 0.4) is 0 Å². The summed E-state index contributed by atoms with van der Waals surface area (Å²) in [6.07, 6.45) is 1.81. The Labute approximate surface area is 135 Å². The van der Waals surface area contributed by atoms with E-state index in [2.05, 4.69) is 27.6 Å². The Bertz CT molecular complexity index is 795. The molecule has 21 heavy (non-hydrogen) atoms. The highest BCUT2D eigenvalue weighted by molar-refractivity contribution is 14.1. The Hall–Kier alpha value is -1.76. The molecular weight excluding hydrogens is 381 g/mol. The van der Waals surface area contributed by atoms with Crippen LogP contribution in [0.15, 0.2) is 30.3 Å². The second-order valence-electron chi connectivity index (χ2n) is 4.69. The number of hydrogen-bond acceptors (Lipinski definition) is 4. The van der Waals surface area contributed by atoms with Gasteiger partial charge in [0, 0.05) is 20.9 Å². The van der Waals surface area contributed by atoms with Crippen molar-refractivity contribution in [2.24, 2.45) is 0 Å². The van der Waals surface area contributed by atoms with Crippen molar-refractivity contribution in [1.29, 1.82) is 0 Å². The van der Waals surface area contributed by atoms with Gasteiger partial charge in [-0.2, -0.15) is 0 Å². The molecule has 0 fully saturated rings. The van der Waals surface area contributed by atoms with E-state index in [4.69, 9.17) is 4.74 Å². The van der Waals surface area contributed by atoms with Crippen molar-refractivity contribution >= 4 is 50.8 Å². The van der Waals surface area contributed by atoms with E-state index in [1.54, 1.807) is 13.0 Å². The van der Waals surface area contributed by atoms with Crippen LogP contribution >= 0.6 is 22.6 Å². The number of carbonyl (C=O) groups is 2. The Morgan fingerprint density at radius 2 is 2.19 bits per heavy atom. The normalized spacial score (nSPS) is 13.8. The fourth-order valence-corrected chi connectivity index (χ4v) is 2.87. The lowest BCUT2D eigenvalue weighted by Crippen LogP contribution is -2.16. The van der Waals surface area contributed by atoms with Gasteiger partial charge in [-0.3, -0.25) is 4.79 Å². The number of carbonyl (C=O) groups excluding carboxylic acids is 2. The molecule has 0 atom stereocenters. The maximum atomic E-state index is 12.1. The van der Waals surface area contributed by atoms with Crippen LogP contribution in [0.25, 0.3) is 16.5 Å². The number of benzene rings is 1. The van der Waals surface area contributed by atoms with Crippen molar-refractivity contribution in [2.45, 2.75) is 13.3 Å². The molecule has 1 aromatic carbocycles. The quantitative estimate of drug-likeness (QED) is 0.580. The highest BCUT2D eigenvalue weighted by Gasteiger charge is 2.26. The van der Waals surface area contributed by atoms with Crippen LogP contribution in [0.5, 0.6) is 0 Å². The first-order valence-corrected chi connectivity index (χ1v) is 7.69. The summed E-state index contributed by atoms with van der Waals surface area (Å²) in [5.41, 5.74) is 2.07. The number of halogens is 1. The molecule has 0 N–H and O–H groups in total. The number of rotatable bonds is 2. The minimum Gasteiger partial charge on any atom is -0.462 e. The van der Waals surface area contributed by atoms with E-state index in [1.807, 2.05) is 24.3 Å². The third-order valence-electron chi connectivity index (χ3n) is 3.32. The van der Waals surface area contributed by atoms with Crippen LogP contribution in [0.2, 0.25) is 0 Å². The second kappa shape index (κ2) is 5.55. The van der Waals surface area contributed by atoms with Gasteiger partial charge in [-0.05, 0) is 53.8 Å². The number of Topliss-reactive ketones (excluding diaryl/α,β-unsaturated/α-hetero) is 1. The Balaban J connectivity index is 2.20. The largest absolute Gasteiger partial charge is 0.462 e. The first kappa shape index (κ1) is 14.2. The fourth-order valence-electron chi connectivity index (χ4n) is 2.36. The molecule has 5 heteroatoms. The number of pyridine rings is 1. The number of nitrogens with zero attached hydrogens (tertiary/aromatic N) is 1. The fraction of sp³-hybridized carbons (Fsp3) is 0.188. The van der Waals surface area contributed by atoms with Crippen LogP contribution in [0.4, 0.5) is 0 Å². The van der Waals surface area contributed by atoms with Gasteiger partial charge in [0.15, 0.2) is 5.78 Å². The Morgan fingerprint density at radius 1 is 1.38 bits per heavy atom. The summed E-state index contributed by atoms with van der Waals surface area (Å²) in [4.78, 5) is 28.6. The Morgan fingerprint density at radius 3 is 2.95 bits per heavy atom. The molecule has 0 spiro atoms. The van der Waals surface area contributed by atoms with Crippen molar-refractivity contribution < 1.29 is 14.3 Å². The predicted molar refractivity (Wildman–Crippen MR) is 88.0 cm³/mol. The monoisotopic (exact) mass is 393 g/mol. The zero-order chi connectivity index (χ0) is 15.0. The average Bonchev–Trinajstić information content (AvgIpc) is 2.46. The van der Waals surface area contributed by atoms with Crippen LogP contribution < -0.4 is 0 Å². The van der Waals surface area contributed by atoms with E-state index in [1.165, 1.54) is 0 Å². The molecule has 1 aromatic heterocycles. The maximum Gasteiger partial charge on any atom is 0.340 e. The van der Waals surface area contributed by atoms with Crippen molar-refractivity contribution in [3.8, 4) is 0 Å². The standard InChI is InChI=1S/C16H12INO3/c1-2-21-16(20)11-4-6-14(19)12-8-9-7-10(17)3-5-13(9)18-15(11)12/h3-5,7-8H,2,6H2,1H3. The first-order valence-electron chi connectivity index (χ1n) is 6.61. The van der Waals surface area contributed by atoms with Gasteiger partial charge in [-0.15, -0.1) is 0 Å². The van der Waals surface area contributed by atoms with E-state index in [9.17, 15) is 9.59 Å². The topological polar surface area (TPSA) is 56.3 Å². The van der Waals surface area contributed by atoms with Crippen molar-refractivity contribution in [3.63, 3.8) is 0 Å². The van der Waals surface area contributed by atoms with Gasteiger partial charge in [0.2, 0.25) is 0 Å². The van der Waals surface area contributed by atoms with Gasteiger partial charge in [0.1, 0.15) is 0 Å². The lowest BCUT2D eigenvalue weighted by molar-refractivity contribution is -0.136. The summed E-state index contributed by atoms with van der Waals surface area (Å²) < 4.78 is 6.12. The molecule has 0 amide bonds. The lowest BCUT2D eigenvalue weighted by Gasteiger charge is -2.16. The van der Waals surface area contributed by atoms with Crippen LogP contribution in [0, 0.1) is 3.57 Å². The van der Waals surface area contributed by atoms with Crippen molar-refractivity contribution in [1.82, 2.24) is 4.98 Å². The number of fused-ring (bicyclic) bond motifs is 2. The van der Waals surface area contributed by atoms with E-state index in [0.717, 1.165) is 14.5 Å². The number of ketones is 1. The molecule has 2 aromatic rings. The molecule has 0 aliphatic heterocycles. The summed E-state index contributed by atoms with van der Waals surface area (Å²) in [5, 5.41) is 0.902. The van der Waals surface area contributed by atoms with Gasteiger partial charge in [0.05, 0.1) is 23.4 Å². The average molecular weight is 393 g/mol. The zero-order valence-electron chi connectivity index (χ0n) is 11.4. The minimum atomic E-state index is -0.427. The smallest absolute Gasteiger partial charge is 0.340 e. The van der Waals surface area contributed by atoms with Gasteiger partial charge in [0.25, 0.3) is 0 Å². The van der Waals surface area contributed by atoms with E-state index in [0.29, 0.717) is 23.4 Å². The number of hydrogen-bond donors (Lipinski definition) is 0. The van der Waals surface area contributed by atoms with Crippen molar-refractivity contribution in [2.75, 3.05) is 6.61 Å². The summed E-state index contributed by atoms with van der Waals surface area (Å²) in [7, 11) is 0. The molecule has 1 aliphatic carbocycles. The predicted octanol–water partition coefficient (Wildman–Crippen LogP) is 3.37. The molecule has 0 unspecified atom stereocenters. The van der Waals surface area contributed by atoms with E-state index >= 15 is 0 Å². The summed E-state index contributed by atoms with van der Waals surface area (Å²) in [6.45, 7) is 2.05. The number of ether oxygens (including phenoxy) is 1. The third kappa shape index (κ3) is 2.57. The molecule has 0 saturated carbocycles. The van der Waals surface area contributed by atoms with Gasteiger partial charge in [-0.1, -0.05) is 6.08 Å². The highest BCUT2D eigenvalue weighted by Crippen LogP contribution is 2.29. The zero-order valence-corrected chi connectivity index (χ0v) is 13.5. The third-order valence-corrected chi connectivity index (χ3v) is 3.99. The molecular formula is C16H12INO3. The van der Waals surface area contributed by atoms with Crippen LogP contribution in [0.1, 0.15) is 29.4 Å². The molecule has 106 valence electrons. The van der Waals surface area contributed by atoms with E-state index < -0.39 is 5.97 Å². The van der Waals surface area contributed by atoms with Crippen LogP contribution in [-0.2, 0) is 9.53 Å². The van der Waals surface area contributed by atoms with E-state index in [-0.39, 0.29) is 12.2 Å². The summed E-state index contributed by atoms with van der Waals surface area (Å²) in [5.74, 6) is -0.449. The lowest BCUT2D eigenvalue weighted by atomic mass is 9.93. The molecule has 4 nitrogen and oxygen atoms in total. The van der Waals surface area contributed by atoms with Gasteiger partial charge in [-0.25, -0.2) is 9.78 Å². The summed E-state index contributed by atoms with van der Waals surface area (Å²) >= 11 is 2.22. The number of allylic oxidation sites excluding steroid dienone is 1. The molecule has 0 bridgehead atoms. The maximum absolute atomic E-state index is 12.1.